The highest BCUT2D eigenvalue weighted by Gasteiger charge is 2.27. The first kappa shape index (κ1) is 11.1. The molecule has 1 fully saturated rings. The summed E-state index contributed by atoms with van der Waals surface area (Å²) in [4.78, 5) is 0. The molecule has 0 saturated heterocycles. The standard InChI is InChI=1S/C11H17BrN2O/c1-2-5-14-11(9(12)7-13-14)10(15)6-8-3-4-8/h7-8,10,15H,2-6H2,1H3. The van der Waals surface area contributed by atoms with Gasteiger partial charge in [0.1, 0.15) is 0 Å². The van der Waals surface area contributed by atoms with Gasteiger partial charge in [-0.3, -0.25) is 4.68 Å². The Kier molecular flexibility index (Phi) is 3.46. The summed E-state index contributed by atoms with van der Waals surface area (Å²) < 4.78 is 2.85. The van der Waals surface area contributed by atoms with Crippen molar-refractivity contribution in [1.82, 2.24) is 9.78 Å². The van der Waals surface area contributed by atoms with E-state index in [0.717, 1.165) is 35.5 Å². The van der Waals surface area contributed by atoms with Gasteiger partial charge in [0.25, 0.3) is 0 Å². The van der Waals surface area contributed by atoms with Crippen molar-refractivity contribution < 1.29 is 5.11 Å². The Balaban J connectivity index is 2.11. The Morgan fingerprint density at radius 1 is 1.67 bits per heavy atom. The molecule has 1 N–H and O–H groups in total. The van der Waals surface area contributed by atoms with Gasteiger partial charge in [-0.2, -0.15) is 5.10 Å². The Morgan fingerprint density at radius 3 is 3.00 bits per heavy atom. The van der Waals surface area contributed by atoms with Gasteiger partial charge in [-0.05, 0) is 34.7 Å². The van der Waals surface area contributed by atoms with Gasteiger partial charge in [0.05, 0.1) is 22.5 Å². The molecule has 0 spiro atoms. The maximum absolute atomic E-state index is 10.1. The molecule has 1 unspecified atom stereocenters. The van der Waals surface area contributed by atoms with Crippen LogP contribution >= 0.6 is 15.9 Å². The quantitative estimate of drug-likeness (QED) is 0.895. The fraction of sp³-hybridized carbons (Fsp3) is 0.727. The SMILES string of the molecule is CCCn1ncc(Br)c1C(O)CC1CC1. The number of aliphatic hydroxyl groups excluding tert-OH is 1. The lowest BCUT2D eigenvalue weighted by atomic mass is 10.1. The van der Waals surface area contributed by atoms with Crippen molar-refractivity contribution in [3.63, 3.8) is 0 Å². The molecule has 4 heteroatoms. The molecule has 0 bridgehead atoms. The predicted octanol–water partition coefficient (Wildman–Crippen LogP) is 2.89. The molecule has 1 saturated carbocycles. The van der Waals surface area contributed by atoms with Crippen molar-refractivity contribution in [2.24, 2.45) is 5.92 Å². The highest BCUT2D eigenvalue weighted by molar-refractivity contribution is 9.10. The number of rotatable bonds is 5. The Bertz CT molecular complexity index is 333. The van der Waals surface area contributed by atoms with Gasteiger partial charge in [0, 0.05) is 6.54 Å². The highest BCUT2D eigenvalue weighted by Crippen LogP contribution is 2.39. The molecule has 1 aromatic rings. The van der Waals surface area contributed by atoms with Gasteiger partial charge in [-0.1, -0.05) is 19.8 Å². The molecule has 0 aromatic carbocycles. The molecule has 0 aliphatic heterocycles. The van der Waals surface area contributed by atoms with Crippen LogP contribution in [-0.4, -0.2) is 14.9 Å². The van der Waals surface area contributed by atoms with E-state index in [2.05, 4.69) is 28.0 Å². The zero-order valence-corrected chi connectivity index (χ0v) is 10.6. The molecular weight excluding hydrogens is 256 g/mol. The summed E-state index contributed by atoms with van der Waals surface area (Å²) in [5.41, 5.74) is 0.948. The van der Waals surface area contributed by atoms with Crippen LogP contribution in [0.2, 0.25) is 0 Å². The first-order valence-electron chi connectivity index (χ1n) is 5.61. The third kappa shape index (κ3) is 2.61. The van der Waals surface area contributed by atoms with E-state index in [0.29, 0.717) is 0 Å². The molecule has 2 rings (SSSR count). The van der Waals surface area contributed by atoms with Crippen molar-refractivity contribution in [2.75, 3.05) is 0 Å². The second-order valence-corrected chi connectivity index (χ2v) is 5.15. The maximum Gasteiger partial charge on any atom is 0.0970 e. The molecule has 1 aromatic heterocycles. The molecule has 0 amide bonds. The first-order chi connectivity index (χ1) is 7.22. The predicted molar refractivity (Wildman–Crippen MR) is 62.5 cm³/mol. The topological polar surface area (TPSA) is 38.0 Å². The summed E-state index contributed by atoms with van der Waals surface area (Å²) in [6.45, 7) is 3.00. The van der Waals surface area contributed by atoms with Crippen LogP contribution in [-0.2, 0) is 6.54 Å². The van der Waals surface area contributed by atoms with E-state index < -0.39 is 0 Å². The number of halogens is 1. The van der Waals surface area contributed by atoms with Crippen LogP contribution in [0.1, 0.15) is 44.4 Å². The third-order valence-electron chi connectivity index (χ3n) is 2.84. The summed E-state index contributed by atoms with van der Waals surface area (Å²) in [5.74, 6) is 0.733. The average molecular weight is 273 g/mol. The molecule has 1 aliphatic carbocycles. The normalized spacial score (nSPS) is 18.1. The molecule has 1 heterocycles. The minimum atomic E-state index is -0.360. The number of hydrogen-bond donors (Lipinski definition) is 1. The number of aliphatic hydroxyl groups is 1. The van der Waals surface area contributed by atoms with Gasteiger partial charge < -0.3 is 5.11 Å². The second-order valence-electron chi connectivity index (χ2n) is 4.30. The summed E-state index contributed by atoms with van der Waals surface area (Å²) >= 11 is 3.45. The zero-order chi connectivity index (χ0) is 10.8. The van der Waals surface area contributed by atoms with Crippen molar-refractivity contribution in [2.45, 2.75) is 45.3 Å². The zero-order valence-electron chi connectivity index (χ0n) is 8.99. The van der Waals surface area contributed by atoms with Gasteiger partial charge in [0.2, 0.25) is 0 Å². The number of nitrogens with zero attached hydrogens (tertiary/aromatic N) is 2. The Morgan fingerprint density at radius 2 is 2.40 bits per heavy atom. The van der Waals surface area contributed by atoms with Crippen molar-refractivity contribution >= 4 is 15.9 Å². The molecule has 1 atom stereocenters. The van der Waals surface area contributed by atoms with Gasteiger partial charge in [-0.25, -0.2) is 0 Å². The van der Waals surface area contributed by atoms with Crippen LogP contribution in [0.4, 0.5) is 0 Å². The summed E-state index contributed by atoms with van der Waals surface area (Å²) in [7, 11) is 0. The van der Waals surface area contributed by atoms with Crippen molar-refractivity contribution in [3.8, 4) is 0 Å². The molecule has 84 valence electrons. The van der Waals surface area contributed by atoms with Crippen LogP contribution in [0.25, 0.3) is 0 Å². The lowest BCUT2D eigenvalue weighted by molar-refractivity contribution is 0.148. The van der Waals surface area contributed by atoms with Crippen LogP contribution < -0.4 is 0 Å². The fourth-order valence-corrected chi connectivity index (χ4v) is 2.43. The van der Waals surface area contributed by atoms with Crippen LogP contribution in [0.3, 0.4) is 0 Å². The number of hydrogen-bond acceptors (Lipinski definition) is 2. The van der Waals surface area contributed by atoms with E-state index in [1.165, 1.54) is 12.8 Å². The molecule has 15 heavy (non-hydrogen) atoms. The molecular formula is C11H17BrN2O. The summed E-state index contributed by atoms with van der Waals surface area (Å²) in [6, 6.07) is 0. The average Bonchev–Trinajstić information content (AvgIpc) is 2.91. The molecule has 3 nitrogen and oxygen atoms in total. The van der Waals surface area contributed by atoms with Crippen molar-refractivity contribution in [1.29, 1.82) is 0 Å². The first-order valence-corrected chi connectivity index (χ1v) is 6.41. The van der Waals surface area contributed by atoms with Crippen molar-refractivity contribution in [3.05, 3.63) is 16.4 Å². The maximum atomic E-state index is 10.1. The smallest absolute Gasteiger partial charge is 0.0970 e. The monoisotopic (exact) mass is 272 g/mol. The van der Waals surface area contributed by atoms with E-state index >= 15 is 0 Å². The summed E-state index contributed by atoms with van der Waals surface area (Å²) in [5, 5.41) is 14.4. The van der Waals surface area contributed by atoms with Crippen LogP contribution in [0, 0.1) is 5.92 Å². The second kappa shape index (κ2) is 4.66. The highest BCUT2D eigenvalue weighted by atomic mass is 79.9. The van der Waals surface area contributed by atoms with E-state index in [1.54, 1.807) is 6.20 Å². The van der Waals surface area contributed by atoms with Crippen LogP contribution in [0.15, 0.2) is 10.7 Å². The Labute approximate surface area is 98.6 Å². The lowest BCUT2D eigenvalue weighted by Crippen LogP contribution is -2.10. The van der Waals surface area contributed by atoms with Gasteiger partial charge in [0.15, 0.2) is 0 Å². The number of aryl methyl sites for hydroxylation is 1. The lowest BCUT2D eigenvalue weighted by Gasteiger charge is -2.13. The van der Waals surface area contributed by atoms with E-state index in [9.17, 15) is 5.11 Å². The van der Waals surface area contributed by atoms with E-state index in [4.69, 9.17) is 0 Å². The Hall–Kier alpha value is -0.350. The number of aromatic nitrogens is 2. The van der Waals surface area contributed by atoms with E-state index in [-0.39, 0.29) is 6.10 Å². The summed E-state index contributed by atoms with van der Waals surface area (Å²) in [6.07, 6.45) is 5.89. The molecule has 0 radical (unpaired) electrons. The van der Waals surface area contributed by atoms with Gasteiger partial charge in [-0.15, -0.1) is 0 Å². The molecule has 1 aliphatic rings. The fourth-order valence-electron chi connectivity index (χ4n) is 1.87. The largest absolute Gasteiger partial charge is 0.387 e. The third-order valence-corrected chi connectivity index (χ3v) is 3.45. The minimum absolute atomic E-state index is 0.360. The van der Waals surface area contributed by atoms with E-state index in [1.807, 2.05) is 4.68 Å². The van der Waals surface area contributed by atoms with Crippen LogP contribution in [0.5, 0.6) is 0 Å². The van der Waals surface area contributed by atoms with Gasteiger partial charge >= 0.3 is 0 Å². The minimum Gasteiger partial charge on any atom is -0.387 e.